The van der Waals surface area contributed by atoms with Crippen molar-refractivity contribution in [1.29, 1.82) is 0 Å². The highest BCUT2D eigenvalue weighted by Crippen LogP contribution is 2.26. The molecule has 0 spiro atoms. The van der Waals surface area contributed by atoms with Crippen molar-refractivity contribution >= 4 is 5.91 Å². The molecule has 1 aromatic rings. The minimum Gasteiger partial charge on any atom is -0.490 e. The molecule has 1 aromatic carbocycles. The highest BCUT2D eigenvalue weighted by molar-refractivity contribution is 5.77. The number of hydrogen-bond donors (Lipinski definition) is 0. The standard InChI is InChI=1S/C18H27NO4/c1-3-22-16-9-4-5-10-17(16)23-14-18(20)19-11-7-6-8-15(12-19)13-21-2/h4-5,9-10,15H,3,6-8,11-14H2,1-2H3. The van der Waals surface area contributed by atoms with Gasteiger partial charge in [0.1, 0.15) is 0 Å². The number of benzene rings is 1. The van der Waals surface area contributed by atoms with Gasteiger partial charge in [0.15, 0.2) is 18.1 Å². The Hall–Kier alpha value is -1.75. The first-order valence-corrected chi connectivity index (χ1v) is 8.36. The molecule has 1 atom stereocenters. The van der Waals surface area contributed by atoms with E-state index >= 15 is 0 Å². The van der Waals surface area contributed by atoms with Crippen LogP contribution >= 0.6 is 0 Å². The molecule has 0 bridgehead atoms. The van der Waals surface area contributed by atoms with E-state index in [1.165, 1.54) is 0 Å². The van der Waals surface area contributed by atoms with Crippen molar-refractivity contribution in [3.63, 3.8) is 0 Å². The maximum Gasteiger partial charge on any atom is 0.260 e. The van der Waals surface area contributed by atoms with E-state index in [-0.39, 0.29) is 12.5 Å². The molecule has 1 fully saturated rings. The highest BCUT2D eigenvalue weighted by Gasteiger charge is 2.22. The van der Waals surface area contributed by atoms with Gasteiger partial charge in [0.25, 0.3) is 5.91 Å². The van der Waals surface area contributed by atoms with Crippen LogP contribution in [0.4, 0.5) is 0 Å². The predicted molar refractivity (Wildman–Crippen MR) is 88.9 cm³/mol. The van der Waals surface area contributed by atoms with Crippen molar-refractivity contribution in [2.24, 2.45) is 5.92 Å². The Morgan fingerprint density at radius 3 is 2.65 bits per heavy atom. The number of amides is 1. The van der Waals surface area contributed by atoms with E-state index in [2.05, 4.69) is 0 Å². The minimum absolute atomic E-state index is 0.0271. The molecule has 5 nitrogen and oxygen atoms in total. The number of hydrogen-bond acceptors (Lipinski definition) is 4. The van der Waals surface area contributed by atoms with Gasteiger partial charge in [-0.25, -0.2) is 0 Å². The summed E-state index contributed by atoms with van der Waals surface area (Å²) in [6, 6.07) is 7.45. The lowest BCUT2D eigenvalue weighted by molar-refractivity contribution is -0.134. The Morgan fingerprint density at radius 1 is 1.22 bits per heavy atom. The lowest BCUT2D eigenvalue weighted by Crippen LogP contribution is -2.38. The van der Waals surface area contributed by atoms with E-state index in [1.807, 2.05) is 36.1 Å². The number of likely N-dealkylation sites (tertiary alicyclic amines) is 1. The lowest BCUT2D eigenvalue weighted by Gasteiger charge is -2.24. The second-order valence-electron chi connectivity index (χ2n) is 5.83. The van der Waals surface area contributed by atoms with Crippen molar-refractivity contribution in [2.45, 2.75) is 26.2 Å². The summed E-state index contributed by atoms with van der Waals surface area (Å²) in [4.78, 5) is 14.4. The van der Waals surface area contributed by atoms with Gasteiger partial charge in [-0.15, -0.1) is 0 Å². The largest absolute Gasteiger partial charge is 0.490 e. The van der Waals surface area contributed by atoms with Crippen molar-refractivity contribution in [3.8, 4) is 11.5 Å². The molecule has 1 aliphatic heterocycles. The molecule has 0 saturated carbocycles. The zero-order valence-corrected chi connectivity index (χ0v) is 14.1. The smallest absolute Gasteiger partial charge is 0.260 e. The van der Waals surface area contributed by atoms with Crippen LogP contribution in [0.1, 0.15) is 26.2 Å². The topological polar surface area (TPSA) is 48.0 Å². The molecule has 1 unspecified atom stereocenters. The summed E-state index contributed by atoms with van der Waals surface area (Å²) in [6.07, 6.45) is 3.30. The van der Waals surface area contributed by atoms with E-state index < -0.39 is 0 Å². The molecular weight excluding hydrogens is 294 g/mol. The maximum absolute atomic E-state index is 12.5. The molecule has 23 heavy (non-hydrogen) atoms. The second-order valence-corrected chi connectivity index (χ2v) is 5.83. The first-order chi connectivity index (χ1) is 11.2. The van der Waals surface area contributed by atoms with E-state index in [1.54, 1.807) is 7.11 Å². The maximum atomic E-state index is 12.5. The monoisotopic (exact) mass is 321 g/mol. The highest BCUT2D eigenvalue weighted by atomic mass is 16.5. The summed E-state index contributed by atoms with van der Waals surface area (Å²) in [7, 11) is 1.71. The third kappa shape index (κ3) is 5.43. The van der Waals surface area contributed by atoms with Crippen LogP contribution in [0.25, 0.3) is 0 Å². The van der Waals surface area contributed by atoms with E-state index in [4.69, 9.17) is 14.2 Å². The fourth-order valence-corrected chi connectivity index (χ4v) is 2.90. The van der Waals surface area contributed by atoms with Crippen LogP contribution in [0.5, 0.6) is 11.5 Å². The summed E-state index contributed by atoms with van der Waals surface area (Å²) in [5, 5.41) is 0. The summed E-state index contributed by atoms with van der Waals surface area (Å²) in [5.74, 6) is 1.74. The number of para-hydroxylation sites is 2. The predicted octanol–water partition coefficient (Wildman–Crippen LogP) is 2.74. The van der Waals surface area contributed by atoms with Crippen LogP contribution in [0.3, 0.4) is 0 Å². The number of ether oxygens (including phenoxy) is 3. The van der Waals surface area contributed by atoms with Crippen molar-refractivity contribution in [3.05, 3.63) is 24.3 Å². The summed E-state index contributed by atoms with van der Waals surface area (Å²) < 4.78 is 16.5. The second kappa shape index (κ2) is 9.40. The molecule has 5 heteroatoms. The number of rotatable bonds is 7. The molecule has 1 heterocycles. The molecule has 0 aromatic heterocycles. The van der Waals surface area contributed by atoms with E-state index in [9.17, 15) is 4.79 Å². The van der Waals surface area contributed by atoms with Crippen molar-refractivity contribution in [1.82, 2.24) is 4.90 Å². The van der Waals surface area contributed by atoms with Crippen molar-refractivity contribution in [2.75, 3.05) is 40.0 Å². The number of carbonyl (C=O) groups is 1. The third-order valence-electron chi connectivity index (χ3n) is 4.02. The normalized spacial score (nSPS) is 18.3. The summed E-state index contributed by atoms with van der Waals surface area (Å²) >= 11 is 0. The lowest BCUT2D eigenvalue weighted by atomic mass is 10.0. The molecule has 1 amide bonds. The third-order valence-corrected chi connectivity index (χ3v) is 4.02. The van der Waals surface area contributed by atoms with Gasteiger partial charge in [0, 0.05) is 20.2 Å². The van der Waals surface area contributed by atoms with E-state index in [0.29, 0.717) is 30.6 Å². The first-order valence-electron chi connectivity index (χ1n) is 8.36. The Morgan fingerprint density at radius 2 is 1.96 bits per heavy atom. The summed E-state index contributed by atoms with van der Waals surface area (Å²) in [6.45, 7) is 4.80. The first kappa shape index (κ1) is 17.6. The van der Waals surface area contributed by atoms with Gasteiger partial charge in [-0.3, -0.25) is 4.79 Å². The molecule has 0 aliphatic carbocycles. The van der Waals surface area contributed by atoms with Crippen LogP contribution in [0, 0.1) is 5.92 Å². The number of nitrogens with zero attached hydrogens (tertiary/aromatic N) is 1. The number of methoxy groups -OCH3 is 1. The van der Waals surface area contributed by atoms with Gasteiger partial charge in [-0.1, -0.05) is 18.6 Å². The minimum atomic E-state index is 0.0271. The molecule has 0 radical (unpaired) electrons. The molecule has 0 N–H and O–H groups in total. The van der Waals surface area contributed by atoms with Crippen LogP contribution in [0.2, 0.25) is 0 Å². The Balaban J connectivity index is 1.90. The van der Waals surface area contributed by atoms with Gasteiger partial charge in [0.2, 0.25) is 0 Å². The Bertz CT molecular complexity index is 492. The molecular formula is C18H27NO4. The molecule has 1 aliphatic rings. The fraction of sp³-hybridized carbons (Fsp3) is 0.611. The quantitative estimate of drug-likeness (QED) is 0.775. The van der Waals surface area contributed by atoms with Gasteiger partial charge in [0.05, 0.1) is 13.2 Å². The Kier molecular flexibility index (Phi) is 7.20. The van der Waals surface area contributed by atoms with Crippen molar-refractivity contribution < 1.29 is 19.0 Å². The molecule has 1 saturated heterocycles. The SMILES string of the molecule is CCOc1ccccc1OCC(=O)N1CCCCC(COC)C1. The van der Waals surface area contributed by atoms with Crippen LogP contribution in [-0.4, -0.2) is 50.8 Å². The summed E-state index contributed by atoms with van der Waals surface area (Å²) in [5.41, 5.74) is 0. The van der Waals surface area contributed by atoms with Crippen LogP contribution in [-0.2, 0) is 9.53 Å². The van der Waals surface area contributed by atoms with Gasteiger partial charge >= 0.3 is 0 Å². The average Bonchev–Trinajstić information content (AvgIpc) is 2.80. The van der Waals surface area contributed by atoms with Gasteiger partial charge in [-0.05, 0) is 37.8 Å². The molecule has 2 rings (SSSR count). The van der Waals surface area contributed by atoms with Crippen LogP contribution < -0.4 is 9.47 Å². The number of carbonyl (C=O) groups excluding carboxylic acids is 1. The van der Waals surface area contributed by atoms with Crippen LogP contribution in [0.15, 0.2) is 24.3 Å². The fourth-order valence-electron chi connectivity index (χ4n) is 2.90. The zero-order valence-electron chi connectivity index (χ0n) is 14.1. The van der Waals surface area contributed by atoms with Gasteiger partial charge < -0.3 is 19.1 Å². The molecule has 128 valence electrons. The van der Waals surface area contributed by atoms with E-state index in [0.717, 1.165) is 32.4 Å². The average molecular weight is 321 g/mol. The zero-order chi connectivity index (χ0) is 16.5. The van der Waals surface area contributed by atoms with Gasteiger partial charge in [-0.2, -0.15) is 0 Å². The Labute approximate surface area is 138 Å².